The van der Waals surface area contributed by atoms with E-state index in [4.69, 9.17) is 9.47 Å². The summed E-state index contributed by atoms with van der Waals surface area (Å²) in [6.07, 6.45) is -4.68. The largest absolute Gasteiger partial charge is 0.486 e. The van der Waals surface area contributed by atoms with Crippen molar-refractivity contribution in [1.82, 2.24) is 9.97 Å². The van der Waals surface area contributed by atoms with Gasteiger partial charge in [0.05, 0.1) is 10.8 Å². The molecule has 156 valence electrons. The molecule has 4 rings (SSSR count). The van der Waals surface area contributed by atoms with Crippen LogP contribution in [0.3, 0.4) is 0 Å². The average Bonchev–Trinajstić information content (AvgIpc) is 2.73. The Morgan fingerprint density at radius 2 is 1.83 bits per heavy atom. The number of thioether (sulfide) groups is 1. The maximum atomic E-state index is 13.2. The zero-order valence-electron chi connectivity index (χ0n) is 15.7. The molecule has 0 spiro atoms. The van der Waals surface area contributed by atoms with Gasteiger partial charge in [0, 0.05) is 17.1 Å². The highest BCUT2D eigenvalue weighted by Gasteiger charge is 2.36. The highest BCUT2D eigenvalue weighted by molar-refractivity contribution is 8.00. The van der Waals surface area contributed by atoms with Crippen molar-refractivity contribution in [3.05, 3.63) is 48.3 Å². The van der Waals surface area contributed by atoms with Gasteiger partial charge < -0.3 is 14.8 Å². The molecule has 30 heavy (non-hydrogen) atoms. The van der Waals surface area contributed by atoms with Crippen molar-refractivity contribution in [1.29, 1.82) is 0 Å². The minimum atomic E-state index is -4.68. The number of hydrogen-bond acceptors (Lipinski definition) is 6. The maximum absolute atomic E-state index is 13.2. The van der Waals surface area contributed by atoms with E-state index in [1.807, 2.05) is 0 Å². The van der Waals surface area contributed by atoms with E-state index in [9.17, 15) is 18.0 Å². The molecule has 1 aliphatic heterocycles. The smallest absolute Gasteiger partial charge is 0.451 e. The third-order valence-corrected chi connectivity index (χ3v) is 5.39. The van der Waals surface area contributed by atoms with Gasteiger partial charge in [-0.1, -0.05) is 30.0 Å². The lowest BCUT2D eigenvalue weighted by Crippen LogP contribution is -2.23. The fraction of sp³-hybridized carbons (Fsp3) is 0.250. The summed E-state index contributed by atoms with van der Waals surface area (Å²) in [5, 5.41) is 2.58. The van der Waals surface area contributed by atoms with E-state index >= 15 is 0 Å². The molecule has 2 heterocycles. The number of amides is 1. The fourth-order valence-corrected chi connectivity index (χ4v) is 3.79. The zero-order chi connectivity index (χ0) is 21.3. The molecule has 1 amide bonds. The van der Waals surface area contributed by atoms with Crippen molar-refractivity contribution in [2.75, 3.05) is 18.5 Å². The molecular formula is C20H16F3N3O3S. The number of nitrogens with zero attached hydrogens (tertiary/aromatic N) is 2. The van der Waals surface area contributed by atoms with E-state index < -0.39 is 17.3 Å². The van der Waals surface area contributed by atoms with Gasteiger partial charge in [-0.3, -0.25) is 4.79 Å². The van der Waals surface area contributed by atoms with Gasteiger partial charge in [0.15, 0.2) is 11.5 Å². The van der Waals surface area contributed by atoms with Crippen LogP contribution in [0.5, 0.6) is 11.5 Å². The van der Waals surface area contributed by atoms with Crippen LogP contribution in [0, 0.1) is 0 Å². The molecule has 1 atom stereocenters. The van der Waals surface area contributed by atoms with Crippen molar-refractivity contribution in [3.63, 3.8) is 0 Å². The normalized spacial score (nSPS) is 14.4. The van der Waals surface area contributed by atoms with Crippen LogP contribution in [0.4, 0.5) is 18.9 Å². The first kappa shape index (κ1) is 20.3. The second-order valence-electron chi connectivity index (χ2n) is 6.48. The van der Waals surface area contributed by atoms with E-state index in [1.54, 1.807) is 43.3 Å². The summed E-state index contributed by atoms with van der Waals surface area (Å²) in [5.41, 5.74) is 0.669. The number of para-hydroxylation sites is 1. The van der Waals surface area contributed by atoms with Crippen LogP contribution >= 0.6 is 11.8 Å². The molecule has 1 aromatic heterocycles. The molecule has 0 fully saturated rings. The number of carbonyl (C=O) groups is 1. The number of ether oxygens (including phenoxy) is 2. The van der Waals surface area contributed by atoms with Gasteiger partial charge in [-0.2, -0.15) is 13.2 Å². The van der Waals surface area contributed by atoms with E-state index in [2.05, 4.69) is 15.3 Å². The molecule has 0 radical (unpaired) electrons. The van der Waals surface area contributed by atoms with Gasteiger partial charge in [0.25, 0.3) is 0 Å². The Morgan fingerprint density at radius 1 is 1.10 bits per heavy atom. The third-order valence-electron chi connectivity index (χ3n) is 4.29. The van der Waals surface area contributed by atoms with Crippen LogP contribution in [-0.4, -0.2) is 34.3 Å². The zero-order valence-corrected chi connectivity index (χ0v) is 16.5. The Balaban J connectivity index is 1.55. The number of aromatic nitrogens is 2. The van der Waals surface area contributed by atoms with Gasteiger partial charge in [0.2, 0.25) is 11.7 Å². The molecule has 6 nitrogen and oxygen atoms in total. The van der Waals surface area contributed by atoms with Gasteiger partial charge >= 0.3 is 6.18 Å². The lowest BCUT2D eigenvalue weighted by Gasteiger charge is -2.19. The van der Waals surface area contributed by atoms with Gasteiger partial charge in [0.1, 0.15) is 18.2 Å². The molecule has 3 aromatic rings. The highest BCUT2D eigenvalue weighted by Crippen LogP contribution is 2.35. The van der Waals surface area contributed by atoms with Crippen LogP contribution < -0.4 is 14.8 Å². The quantitative estimate of drug-likeness (QED) is 0.479. The third kappa shape index (κ3) is 4.28. The lowest BCUT2D eigenvalue weighted by molar-refractivity contribution is -0.145. The Kier molecular flexibility index (Phi) is 5.42. The van der Waals surface area contributed by atoms with Crippen LogP contribution in [0.15, 0.2) is 47.5 Å². The Hall–Kier alpha value is -3.01. The number of anilines is 1. The summed E-state index contributed by atoms with van der Waals surface area (Å²) in [5.74, 6) is -0.499. The summed E-state index contributed by atoms with van der Waals surface area (Å²) >= 11 is 0.940. The van der Waals surface area contributed by atoms with E-state index in [0.717, 1.165) is 11.8 Å². The minimum Gasteiger partial charge on any atom is -0.486 e. The van der Waals surface area contributed by atoms with Crippen molar-refractivity contribution in [3.8, 4) is 11.5 Å². The van der Waals surface area contributed by atoms with Gasteiger partial charge in [-0.25, -0.2) is 9.97 Å². The number of rotatable bonds is 4. The highest BCUT2D eigenvalue weighted by atomic mass is 32.2. The van der Waals surface area contributed by atoms with Gasteiger partial charge in [-0.15, -0.1) is 0 Å². The molecule has 2 aromatic carbocycles. The molecule has 10 heteroatoms. The predicted molar refractivity (Wildman–Crippen MR) is 106 cm³/mol. The van der Waals surface area contributed by atoms with Crippen LogP contribution in [0.1, 0.15) is 12.7 Å². The Morgan fingerprint density at radius 3 is 2.60 bits per heavy atom. The van der Waals surface area contributed by atoms with Gasteiger partial charge in [-0.05, 0) is 25.1 Å². The van der Waals surface area contributed by atoms with Crippen molar-refractivity contribution in [2.24, 2.45) is 0 Å². The first-order chi connectivity index (χ1) is 14.3. The SMILES string of the molecule is CC(Sc1nc(C(F)(F)F)nc2ccccc12)C(=O)Nc1ccc2c(c1)OCCO2. The molecular weight excluding hydrogens is 419 g/mol. The standard InChI is InChI=1S/C20H16F3N3O3S/c1-11(17(27)24-12-6-7-15-16(10-12)29-9-8-28-15)30-18-13-4-2-3-5-14(13)25-19(26-18)20(21,22)23/h2-7,10-11H,8-9H2,1H3,(H,24,27). The second kappa shape index (κ2) is 8.02. The van der Waals surface area contributed by atoms with Crippen molar-refractivity contribution in [2.45, 2.75) is 23.4 Å². The van der Waals surface area contributed by atoms with E-state index in [0.29, 0.717) is 35.8 Å². The summed E-state index contributed by atoms with van der Waals surface area (Å²) in [6.45, 7) is 2.47. The molecule has 0 saturated carbocycles. The van der Waals surface area contributed by atoms with Crippen molar-refractivity contribution < 1.29 is 27.4 Å². The lowest BCUT2D eigenvalue weighted by atomic mass is 10.2. The number of hydrogen-bond donors (Lipinski definition) is 1. The average molecular weight is 435 g/mol. The molecule has 0 aliphatic carbocycles. The molecule has 0 bridgehead atoms. The minimum absolute atomic E-state index is 0.0951. The molecule has 0 saturated heterocycles. The van der Waals surface area contributed by atoms with Crippen LogP contribution in [0.2, 0.25) is 0 Å². The molecule has 1 unspecified atom stereocenters. The predicted octanol–water partition coefficient (Wildman–Crippen LogP) is 4.54. The number of fused-ring (bicyclic) bond motifs is 2. The topological polar surface area (TPSA) is 73.3 Å². The first-order valence-corrected chi connectivity index (χ1v) is 9.90. The van der Waals surface area contributed by atoms with E-state index in [-0.39, 0.29) is 16.4 Å². The first-order valence-electron chi connectivity index (χ1n) is 9.02. The van der Waals surface area contributed by atoms with Crippen molar-refractivity contribution >= 4 is 34.3 Å². The Labute approximate surface area is 173 Å². The number of benzene rings is 2. The monoisotopic (exact) mass is 435 g/mol. The number of nitrogens with one attached hydrogen (secondary N) is 1. The molecule has 1 N–H and O–H groups in total. The summed E-state index contributed by atoms with van der Waals surface area (Å²) in [4.78, 5) is 19.9. The fourth-order valence-electron chi connectivity index (χ4n) is 2.85. The summed E-state index contributed by atoms with van der Waals surface area (Å²) in [6, 6.07) is 11.4. The van der Waals surface area contributed by atoms with E-state index in [1.165, 1.54) is 6.07 Å². The number of halogens is 3. The maximum Gasteiger partial charge on any atom is 0.451 e. The summed E-state index contributed by atoms with van der Waals surface area (Å²) < 4.78 is 50.5. The Bertz CT molecular complexity index is 1110. The molecule has 1 aliphatic rings. The van der Waals surface area contributed by atoms with Crippen LogP contribution in [-0.2, 0) is 11.0 Å². The second-order valence-corrected chi connectivity index (χ2v) is 7.80. The summed E-state index contributed by atoms with van der Waals surface area (Å²) in [7, 11) is 0. The number of carbonyl (C=O) groups excluding carboxylic acids is 1. The number of alkyl halides is 3. The van der Waals surface area contributed by atoms with Crippen LogP contribution in [0.25, 0.3) is 10.9 Å².